The van der Waals surface area contributed by atoms with Gasteiger partial charge >= 0.3 is 0 Å². The van der Waals surface area contributed by atoms with E-state index in [9.17, 15) is 0 Å². The Bertz CT molecular complexity index is 265. The molecule has 1 aromatic heterocycles. The van der Waals surface area contributed by atoms with Crippen molar-refractivity contribution < 1.29 is 9.15 Å². The third-order valence-electron chi connectivity index (χ3n) is 2.90. The van der Waals surface area contributed by atoms with Crippen molar-refractivity contribution in [2.75, 3.05) is 13.2 Å². The lowest BCUT2D eigenvalue weighted by molar-refractivity contribution is 0.0314. The summed E-state index contributed by atoms with van der Waals surface area (Å²) in [7, 11) is 0. The molecule has 0 amide bonds. The van der Waals surface area contributed by atoms with E-state index in [-0.39, 0.29) is 6.10 Å². The predicted octanol–water partition coefficient (Wildman–Crippen LogP) is 2.50. The van der Waals surface area contributed by atoms with Gasteiger partial charge in [0.2, 0.25) is 0 Å². The molecule has 1 aromatic rings. The van der Waals surface area contributed by atoms with Crippen LogP contribution in [-0.2, 0) is 4.74 Å². The van der Waals surface area contributed by atoms with Gasteiger partial charge in [-0.25, -0.2) is 0 Å². The highest BCUT2D eigenvalue weighted by molar-refractivity contribution is 5.00. The molecule has 0 aliphatic carbocycles. The van der Waals surface area contributed by atoms with Crippen molar-refractivity contribution in [2.45, 2.75) is 38.3 Å². The molecule has 3 heteroatoms. The number of hydrogen-bond donors (Lipinski definition) is 1. The zero-order chi connectivity index (χ0) is 10.5. The molecule has 84 valence electrons. The van der Waals surface area contributed by atoms with Crippen LogP contribution in [-0.4, -0.2) is 19.2 Å². The Morgan fingerprint density at radius 3 is 3.20 bits per heavy atom. The highest BCUT2D eigenvalue weighted by atomic mass is 16.5. The summed E-state index contributed by atoms with van der Waals surface area (Å²) in [4.78, 5) is 0. The van der Waals surface area contributed by atoms with Crippen molar-refractivity contribution in [3.63, 3.8) is 0 Å². The quantitative estimate of drug-likeness (QED) is 0.827. The van der Waals surface area contributed by atoms with E-state index >= 15 is 0 Å². The summed E-state index contributed by atoms with van der Waals surface area (Å²) in [6, 6.07) is 4.38. The molecule has 1 aliphatic rings. The van der Waals surface area contributed by atoms with Gasteiger partial charge in [-0.1, -0.05) is 6.42 Å². The van der Waals surface area contributed by atoms with Crippen LogP contribution in [0, 0.1) is 0 Å². The molecule has 0 saturated carbocycles. The zero-order valence-electron chi connectivity index (χ0n) is 9.24. The third kappa shape index (κ3) is 3.08. The van der Waals surface area contributed by atoms with Gasteiger partial charge in [0.25, 0.3) is 0 Å². The van der Waals surface area contributed by atoms with Crippen LogP contribution >= 0.6 is 0 Å². The molecule has 0 spiro atoms. The lowest BCUT2D eigenvalue weighted by Crippen LogP contribution is -2.37. The van der Waals surface area contributed by atoms with E-state index in [1.165, 1.54) is 19.3 Å². The Morgan fingerprint density at radius 2 is 2.53 bits per heavy atom. The molecule has 2 rings (SSSR count). The van der Waals surface area contributed by atoms with Crippen molar-refractivity contribution >= 4 is 0 Å². The first-order chi connectivity index (χ1) is 7.36. The predicted molar refractivity (Wildman–Crippen MR) is 58.7 cm³/mol. The fourth-order valence-electron chi connectivity index (χ4n) is 1.93. The summed E-state index contributed by atoms with van der Waals surface area (Å²) < 4.78 is 11.1. The fourth-order valence-corrected chi connectivity index (χ4v) is 1.93. The minimum atomic E-state index is 0.0590. The molecule has 1 N–H and O–H groups in total. The van der Waals surface area contributed by atoms with E-state index in [4.69, 9.17) is 9.15 Å². The maximum absolute atomic E-state index is 5.77. The van der Waals surface area contributed by atoms with Gasteiger partial charge in [-0.2, -0.15) is 0 Å². The monoisotopic (exact) mass is 209 g/mol. The summed E-state index contributed by atoms with van der Waals surface area (Å²) in [6.45, 7) is 3.94. The van der Waals surface area contributed by atoms with Gasteiger partial charge in [-0.05, 0) is 38.4 Å². The van der Waals surface area contributed by atoms with E-state index in [0.29, 0.717) is 6.04 Å². The van der Waals surface area contributed by atoms with E-state index in [1.807, 2.05) is 19.1 Å². The number of ether oxygens (including phenoxy) is 1. The number of rotatable bonds is 4. The molecular formula is C12H19NO2. The first-order valence-corrected chi connectivity index (χ1v) is 5.74. The lowest BCUT2D eigenvalue weighted by Gasteiger charge is -2.24. The Morgan fingerprint density at radius 1 is 1.60 bits per heavy atom. The molecule has 1 saturated heterocycles. The molecule has 0 unspecified atom stereocenters. The van der Waals surface area contributed by atoms with Crippen molar-refractivity contribution in [1.82, 2.24) is 5.32 Å². The fraction of sp³-hybridized carbons (Fsp3) is 0.667. The minimum Gasteiger partial charge on any atom is -0.467 e. The Labute approximate surface area is 90.8 Å². The normalized spacial score (nSPS) is 23.9. The Hall–Kier alpha value is -0.800. The highest BCUT2D eigenvalue weighted by Crippen LogP contribution is 2.18. The average Bonchev–Trinajstić information content (AvgIpc) is 2.81. The second kappa shape index (κ2) is 5.33. The van der Waals surface area contributed by atoms with E-state index < -0.39 is 0 Å². The van der Waals surface area contributed by atoms with Crippen molar-refractivity contribution in [3.05, 3.63) is 24.2 Å². The van der Waals surface area contributed by atoms with Crippen LogP contribution in [0.15, 0.2) is 22.8 Å². The molecule has 2 heterocycles. The van der Waals surface area contributed by atoms with E-state index in [2.05, 4.69) is 5.32 Å². The van der Waals surface area contributed by atoms with Crippen LogP contribution in [0.2, 0.25) is 0 Å². The summed E-state index contributed by atoms with van der Waals surface area (Å²) in [5, 5.41) is 3.46. The van der Waals surface area contributed by atoms with E-state index in [0.717, 1.165) is 18.9 Å². The molecule has 1 fully saturated rings. The Kier molecular flexibility index (Phi) is 3.80. The van der Waals surface area contributed by atoms with E-state index in [1.54, 1.807) is 6.26 Å². The first-order valence-electron chi connectivity index (χ1n) is 5.74. The smallest absolute Gasteiger partial charge is 0.132 e. The summed E-state index contributed by atoms with van der Waals surface area (Å²) in [5.41, 5.74) is 0. The maximum atomic E-state index is 5.77. The molecule has 0 bridgehead atoms. The second-order valence-corrected chi connectivity index (χ2v) is 4.14. The van der Waals surface area contributed by atoms with Gasteiger partial charge in [-0.3, -0.25) is 0 Å². The van der Waals surface area contributed by atoms with Crippen LogP contribution in [0.4, 0.5) is 0 Å². The molecule has 0 aromatic carbocycles. The van der Waals surface area contributed by atoms with Gasteiger partial charge < -0.3 is 14.5 Å². The number of nitrogens with one attached hydrogen (secondary N) is 1. The standard InChI is InChI=1S/C12H19NO2/c1-10(12-6-4-8-14-12)15-9-11-5-2-3-7-13-11/h4,6,8,10-11,13H,2-3,5,7,9H2,1H3/t10-,11-/m1/s1. The molecular weight excluding hydrogens is 190 g/mol. The second-order valence-electron chi connectivity index (χ2n) is 4.14. The van der Waals surface area contributed by atoms with Gasteiger partial charge in [0.15, 0.2) is 0 Å². The van der Waals surface area contributed by atoms with Crippen LogP contribution in [0.25, 0.3) is 0 Å². The largest absolute Gasteiger partial charge is 0.467 e. The van der Waals surface area contributed by atoms with Gasteiger partial charge in [0.05, 0.1) is 12.9 Å². The molecule has 2 atom stereocenters. The number of furan rings is 1. The summed E-state index contributed by atoms with van der Waals surface area (Å²) in [5.74, 6) is 0.908. The highest BCUT2D eigenvalue weighted by Gasteiger charge is 2.15. The Balaban J connectivity index is 1.73. The molecule has 0 radical (unpaired) electrons. The molecule has 1 aliphatic heterocycles. The van der Waals surface area contributed by atoms with Crippen molar-refractivity contribution in [3.8, 4) is 0 Å². The van der Waals surface area contributed by atoms with Crippen molar-refractivity contribution in [2.24, 2.45) is 0 Å². The SMILES string of the molecule is C[C@@H](OC[C@H]1CCCCN1)c1ccco1. The van der Waals surface area contributed by atoms with Crippen LogP contribution in [0.1, 0.15) is 38.1 Å². The number of piperidine rings is 1. The van der Waals surface area contributed by atoms with Crippen molar-refractivity contribution in [1.29, 1.82) is 0 Å². The minimum absolute atomic E-state index is 0.0590. The third-order valence-corrected chi connectivity index (χ3v) is 2.90. The van der Waals surface area contributed by atoms with Crippen LogP contribution < -0.4 is 5.32 Å². The summed E-state index contributed by atoms with van der Waals surface area (Å²) >= 11 is 0. The summed E-state index contributed by atoms with van der Waals surface area (Å²) in [6.07, 6.45) is 5.59. The number of hydrogen-bond acceptors (Lipinski definition) is 3. The van der Waals surface area contributed by atoms with Crippen LogP contribution in [0.5, 0.6) is 0 Å². The maximum Gasteiger partial charge on any atom is 0.132 e. The topological polar surface area (TPSA) is 34.4 Å². The molecule has 3 nitrogen and oxygen atoms in total. The zero-order valence-corrected chi connectivity index (χ0v) is 9.24. The lowest BCUT2D eigenvalue weighted by atomic mass is 10.1. The first kappa shape index (κ1) is 10.7. The molecule has 15 heavy (non-hydrogen) atoms. The van der Waals surface area contributed by atoms with Gasteiger partial charge in [0.1, 0.15) is 11.9 Å². The van der Waals surface area contributed by atoms with Crippen LogP contribution in [0.3, 0.4) is 0 Å². The van der Waals surface area contributed by atoms with Gasteiger partial charge in [0, 0.05) is 6.04 Å². The van der Waals surface area contributed by atoms with Gasteiger partial charge in [-0.15, -0.1) is 0 Å². The average molecular weight is 209 g/mol.